The summed E-state index contributed by atoms with van der Waals surface area (Å²) in [6.07, 6.45) is 1.85. The molecule has 1 saturated carbocycles. The lowest BCUT2D eigenvalue weighted by atomic mass is 9.94. The third-order valence-corrected chi connectivity index (χ3v) is 6.34. The van der Waals surface area contributed by atoms with Crippen LogP contribution < -0.4 is 15.4 Å². The van der Waals surface area contributed by atoms with Crippen molar-refractivity contribution in [2.75, 3.05) is 5.32 Å². The number of rotatable bonds is 5. The summed E-state index contributed by atoms with van der Waals surface area (Å²) in [4.78, 5) is 14.1. The van der Waals surface area contributed by atoms with Gasteiger partial charge in [-0.3, -0.25) is 9.98 Å². The van der Waals surface area contributed by atoms with E-state index in [0.29, 0.717) is 16.9 Å². The first kappa shape index (κ1) is 23.0. The van der Waals surface area contributed by atoms with E-state index in [1.54, 1.807) is 24.5 Å². The zero-order valence-electron chi connectivity index (χ0n) is 19.6. The molecule has 1 N–H and O–H groups in total. The molecule has 3 aliphatic rings. The Kier molecular flexibility index (Phi) is 5.75. The van der Waals surface area contributed by atoms with Crippen LogP contribution in [0.5, 0.6) is 5.75 Å². The van der Waals surface area contributed by atoms with E-state index < -0.39 is 6.36 Å². The molecule has 0 amide bonds. The van der Waals surface area contributed by atoms with Gasteiger partial charge in [0.2, 0.25) is 0 Å². The Labute approximate surface area is 210 Å². The molecule has 0 bridgehead atoms. The Morgan fingerprint density at radius 2 is 1.84 bits per heavy atom. The number of benzene rings is 3. The molecule has 1 aliphatic heterocycles. The van der Waals surface area contributed by atoms with E-state index in [1.807, 2.05) is 53.1 Å². The van der Waals surface area contributed by atoms with Crippen LogP contribution in [0, 0.1) is 0 Å². The first-order valence-electron chi connectivity index (χ1n) is 12.0. The molecular weight excluding hydrogens is 479 g/mol. The number of alkyl halides is 3. The Bertz CT molecular complexity index is 1610. The second-order valence-electron chi connectivity index (χ2n) is 8.92. The van der Waals surface area contributed by atoms with Crippen molar-refractivity contribution in [2.45, 2.75) is 31.7 Å². The number of nitrogens with zero attached hydrogens (tertiary/aromatic N) is 4. The number of nitrogens with one attached hydrogen (secondary N) is 1. The van der Waals surface area contributed by atoms with Gasteiger partial charge >= 0.3 is 6.36 Å². The molecule has 6 nitrogen and oxygen atoms in total. The minimum absolute atomic E-state index is 0.234. The fourth-order valence-electron chi connectivity index (χ4n) is 4.45. The summed E-state index contributed by atoms with van der Waals surface area (Å²) >= 11 is 0. The van der Waals surface area contributed by atoms with E-state index in [9.17, 15) is 13.2 Å². The number of hydrogen-bond acceptors (Lipinski definition) is 5. The van der Waals surface area contributed by atoms with Gasteiger partial charge < -0.3 is 14.6 Å². The first-order valence-corrected chi connectivity index (χ1v) is 12.0. The summed E-state index contributed by atoms with van der Waals surface area (Å²) < 4.78 is 45.0. The lowest BCUT2D eigenvalue weighted by Gasteiger charge is -2.23. The van der Waals surface area contributed by atoms with E-state index in [2.05, 4.69) is 15.0 Å². The molecule has 2 aliphatic carbocycles. The zero-order valence-corrected chi connectivity index (χ0v) is 19.6. The van der Waals surface area contributed by atoms with E-state index >= 15 is 0 Å². The average Bonchev–Trinajstić information content (AvgIpc) is 2.85. The molecule has 0 saturated heterocycles. The number of halogens is 3. The minimum atomic E-state index is -4.78. The Balaban J connectivity index is 1.60. The van der Waals surface area contributed by atoms with Gasteiger partial charge in [0, 0.05) is 18.0 Å². The predicted octanol–water partition coefficient (Wildman–Crippen LogP) is 6.62. The number of para-hydroxylation sites is 2. The summed E-state index contributed by atoms with van der Waals surface area (Å²) in [6.45, 7) is 0. The molecule has 37 heavy (non-hydrogen) atoms. The molecule has 2 aromatic carbocycles. The van der Waals surface area contributed by atoms with Crippen molar-refractivity contribution >= 4 is 22.4 Å². The van der Waals surface area contributed by atoms with Gasteiger partial charge in [-0.2, -0.15) is 0 Å². The molecule has 9 heteroatoms. The SMILES string of the molecule is FC(F)(F)Oc1cccc(-n2c3cc(=NC4CCC4)c(Nc4cccnc4)cc-3nc3ccccc32)c1. The summed E-state index contributed by atoms with van der Waals surface area (Å²) in [5, 5.41) is 4.17. The lowest BCUT2D eigenvalue weighted by Crippen LogP contribution is -2.22. The fraction of sp³-hybridized carbons (Fsp3) is 0.179. The van der Waals surface area contributed by atoms with E-state index in [0.717, 1.165) is 47.2 Å². The van der Waals surface area contributed by atoms with Gasteiger partial charge in [-0.15, -0.1) is 13.2 Å². The molecule has 0 unspecified atom stereocenters. The molecule has 186 valence electrons. The van der Waals surface area contributed by atoms with Crippen LogP contribution in [0.4, 0.5) is 24.5 Å². The van der Waals surface area contributed by atoms with E-state index in [4.69, 9.17) is 9.98 Å². The maximum Gasteiger partial charge on any atom is 0.573 e. The summed E-state index contributed by atoms with van der Waals surface area (Å²) in [5.74, 6) is -0.291. The van der Waals surface area contributed by atoms with Crippen molar-refractivity contribution in [1.82, 2.24) is 14.5 Å². The largest absolute Gasteiger partial charge is 0.573 e. The first-order chi connectivity index (χ1) is 17.9. The summed E-state index contributed by atoms with van der Waals surface area (Å²) in [5.41, 5.74) is 4.97. The van der Waals surface area contributed by atoms with Crippen molar-refractivity contribution in [3.8, 4) is 22.8 Å². The minimum Gasteiger partial charge on any atom is -0.406 e. The third-order valence-electron chi connectivity index (χ3n) is 6.34. The molecule has 2 heterocycles. The average molecular weight is 502 g/mol. The van der Waals surface area contributed by atoms with Crippen molar-refractivity contribution in [1.29, 1.82) is 0 Å². The van der Waals surface area contributed by atoms with Gasteiger partial charge in [-0.1, -0.05) is 18.2 Å². The van der Waals surface area contributed by atoms with Crippen LogP contribution in [0.1, 0.15) is 19.3 Å². The second-order valence-corrected chi connectivity index (χ2v) is 8.92. The second kappa shape index (κ2) is 9.24. The van der Waals surface area contributed by atoms with Crippen LogP contribution in [-0.4, -0.2) is 26.9 Å². The third kappa shape index (κ3) is 4.84. The maximum absolute atomic E-state index is 13.0. The van der Waals surface area contributed by atoms with E-state index in [1.165, 1.54) is 12.1 Å². The maximum atomic E-state index is 13.0. The number of ether oxygens (including phenoxy) is 1. The Morgan fingerprint density at radius 1 is 0.973 bits per heavy atom. The van der Waals surface area contributed by atoms with Crippen LogP contribution in [0.15, 0.2) is 90.2 Å². The number of aromatic nitrogens is 3. The summed E-state index contributed by atoms with van der Waals surface area (Å²) in [6, 6.07) is 21.4. The van der Waals surface area contributed by atoms with Crippen LogP contribution >= 0.6 is 0 Å². The molecule has 0 spiro atoms. The number of pyridine rings is 1. The smallest absolute Gasteiger partial charge is 0.406 e. The van der Waals surface area contributed by atoms with Crippen LogP contribution in [0.3, 0.4) is 0 Å². The molecule has 1 aromatic heterocycles. The van der Waals surface area contributed by atoms with Crippen molar-refractivity contribution in [3.05, 3.63) is 90.5 Å². The van der Waals surface area contributed by atoms with Gasteiger partial charge in [-0.05, 0) is 67.8 Å². The Morgan fingerprint density at radius 3 is 2.59 bits per heavy atom. The van der Waals surface area contributed by atoms with Crippen molar-refractivity contribution in [2.24, 2.45) is 4.99 Å². The quantitative estimate of drug-likeness (QED) is 0.275. The molecule has 3 aromatic rings. The molecule has 0 radical (unpaired) electrons. The molecule has 6 rings (SSSR count). The van der Waals surface area contributed by atoms with Crippen LogP contribution in [0.25, 0.3) is 28.1 Å². The molecule has 0 atom stereocenters. The fourth-order valence-corrected chi connectivity index (χ4v) is 4.45. The standard InChI is InChI=1S/C28H22F3N5O/c29-28(30,31)37-21-10-4-9-20(14-21)36-26-12-2-1-11-22(26)35-25-15-23(34-19-8-5-13-32-17-19)24(16-27(25)36)33-18-6-3-7-18/h1-2,4-5,8-18,34H,3,6-7H2. The monoisotopic (exact) mass is 501 g/mol. The lowest BCUT2D eigenvalue weighted by molar-refractivity contribution is -0.274. The number of hydrogen-bond donors (Lipinski definition) is 1. The number of fused-ring (bicyclic) bond motifs is 2. The van der Waals surface area contributed by atoms with Crippen molar-refractivity contribution < 1.29 is 17.9 Å². The number of anilines is 2. The zero-order chi connectivity index (χ0) is 25.4. The van der Waals surface area contributed by atoms with Gasteiger partial charge in [0.15, 0.2) is 0 Å². The highest BCUT2D eigenvalue weighted by atomic mass is 19.4. The molecule has 1 fully saturated rings. The normalized spacial score (nSPS) is 14.6. The van der Waals surface area contributed by atoms with Crippen LogP contribution in [0.2, 0.25) is 0 Å². The Hall–Kier alpha value is -4.40. The topological polar surface area (TPSA) is 64.3 Å². The van der Waals surface area contributed by atoms with Gasteiger partial charge in [0.05, 0.1) is 51.4 Å². The highest BCUT2D eigenvalue weighted by Crippen LogP contribution is 2.33. The van der Waals surface area contributed by atoms with Crippen LogP contribution in [-0.2, 0) is 0 Å². The van der Waals surface area contributed by atoms with Gasteiger partial charge in [-0.25, -0.2) is 4.98 Å². The highest BCUT2D eigenvalue weighted by Gasteiger charge is 2.31. The van der Waals surface area contributed by atoms with Gasteiger partial charge in [0.25, 0.3) is 0 Å². The predicted molar refractivity (Wildman–Crippen MR) is 135 cm³/mol. The highest BCUT2D eigenvalue weighted by molar-refractivity contribution is 5.84. The summed E-state index contributed by atoms with van der Waals surface area (Å²) in [7, 11) is 0. The van der Waals surface area contributed by atoms with Crippen molar-refractivity contribution in [3.63, 3.8) is 0 Å². The molecular formula is C28H22F3N5O. The van der Waals surface area contributed by atoms with Gasteiger partial charge in [0.1, 0.15) is 5.75 Å². The van der Waals surface area contributed by atoms with E-state index in [-0.39, 0.29) is 11.8 Å².